The largest absolute Gasteiger partial charge is 0.492 e. The fourth-order valence-electron chi connectivity index (χ4n) is 3.62. The Morgan fingerprint density at radius 2 is 1.82 bits per heavy atom. The molecule has 1 heterocycles. The lowest BCUT2D eigenvalue weighted by molar-refractivity contribution is 0.331. The lowest BCUT2D eigenvalue weighted by Crippen LogP contribution is -2.45. The van der Waals surface area contributed by atoms with Crippen LogP contribution in [0.15, 0.2) is 53.6 Å². The van der Waals surface area contributed by atoms with Gasteiger partial charge in [0.1, 0.15) is 28.0 Å². The van der Waals surface area contributed by atoms with E-state index in [1.807, 2.05) is 0 Å². The molecule has 0 unspecified atom stereocenters. The molecular formula is C24H27Cl2N4O6PS. The lowest BCUT2D eigenvalue weighted by Gasteiger charge is -2.34. The monoisotopic (exact) mass is 600 g/mol. The van der Waals surface area contributed by atoms with Crippen molar-refractivity contribution in [1.29, 1.82) is 0 Å². The summed E-state index contributed by atoms with van der Waals surface area (Å²) < 4.78 is 64.9. The third-order valence-corrected chi connectivity index (χ3v) is 9.33. The molecule has 1 N–H and O–H groups in total. The SMILES string of the molecule is CCOc1ccccc1S(=O)(=O)N(c1cc(C)cc(OCCNc2cnnc(Cl)c2Cl)c1)C(C)(C)P(=O)=O. The fraction of sp³-hybridized carbons (Fsp3) is 0.333. The van der Waals surface area contributed by atoms with E-state index in [1.165, 1.54) is 38.2 Å². The molecule has 0 bridgehead atoms. The molecule has 3 rings (SSSR count). The van der Waals surface area contributed by atoms with Crippen molar-refractivity contribution in [2.45, 2.75) is 37.9 Å². The number of nitrogens with one attached hydrogen (secondary N) is 1. The summed E-state index contributed by atoms with van der Waals surface area (Å²) in [5.74, 6) is 0.463. The van der Waals surface area contributed by atoms with Crippen molar-refractivity contribution in [2.75, 3.05) is 29.4 Å². The van der Waals surface area contributed by atoms with E-state index >= 15 is 0 Å². The van der Waals surface area contributed by atoms with Crippen molar-refractivity contribution in [3.63, 3.8) is 0 Å². The van der Waals surface area contributed by atoms with E-state index in [9.17, 15) is 17.5 Å². The minimum atomic E-state index is -4.40. The van der Waals surface area contributed by atoms with Gasteiger partial charge < -0.3 is 14.8 Å². The normalized spacial score (nSPS) is 11.6. The minimum absolute atomic E-state index is 0.0624. The molecule has 204 valence electrons. The second-order valence-electron chi connectivity index (χ2n) is 8.54. The van der Waals surface area contributed by atoms with Crippen LogP contribution in [0.4, 0.5) is 11.4 Å². The Bertz CT molecular complexity index is 1480. The number of aryl methyl sites for hydroxylation is 1. The maximum Gasteiger partial charge on any atom is 0.342 e. The summed E-state index contributed by atoms with van der Waals surface area (Å²) >= 11 is 12.0. The second-order valence-corrected chi connectivity index (χ2v) is 12.6. The zero-order chi connectivity index (χ0) is 28.1. The molecule has 0 saturated carbocycles. The molecule has 1 aromatic heterocycles. The highest BCUT2D eigenvalue weighted by molar-refractivity contribution is 7.93. The highest BCUT2D eigenvalue weighted by Gasteiger charge is 2.43. The van der Waals surface area contributed by atoms with Crippen LogP contribution in [-0.4, -0.2) is 43.7 Å². The molecule has 3 aromatic rings. The maximum atomic E-state index is 14.0. The number of hydrogen-bond acceptors (Lipinski definition) is 9. The standard InChI is InChI=1S/C24H27Cl2N4O6PS/c1-5-35-20-8-6-7-9-21(20)38(33,34)30(24(3,4)37(31)32)17-12-16(2)13-18(14-17)36-11-10-27-19-15-28-29-23(26)22(19)25/h6-9,12-15H,5,10-11H2,1-4H3,(H,27,29). The van der Waals surface area contributed by atoms with Gasteiger partial charge in [-0.25, -0.2) is 21.9 Å². The van der Waals surface area contributed by atoms with E-state index in [0.29, 0.717) is 23.5 Å². The number of benzene rings is 2. The van der Waals surface area contributed by atoms with Crippen LogP contribution in [0.2, 0.25) is 10.2 Å². The van der Waals surface area contributed by atoms with Gasteiger partial charge in [-0.15, -0.1) is 5.10 Å². The van der Waals surface area contributed by atoms with Crippen molar-refractivity contribution >= 4 is 52.3 Å². The molecule has 0 radical (unpaired) electrons. The number of aromatic nitrogens is 2. The van der Waals surface area contributed by atoms with Crippen LogP contribution in [0.5, 0.6) is 11.5 Å². The Morgan fingerprint density at radius 1 is 1.11 bits per heavy atom. The quantitative estimate of drug-likeness (QED) is 0.194. The van der Waals surface area contributed by atoms with Crippen molar-refractivity contribution in [3.05, 3.63) is 64.4 Å². The zero-order valence-electron chi connectivity index (χ0n) is 21.1. The molecule has 38 heavy (non-hydrogen) atoms. The van der Waals surface area contributed by atoms with Crippen LogP contribution < -0.4 is 19.1 Å². The Morgan fingerprint density at radius 3 is 2.50 bits per heavy atom. The van der Waals surface area contributed by atoms with Gasteiger partial charge >= 0.3 is 7.68 Å². The van der Waals surface area contributed by atoms with Gasteiger partial charge in [0.25, 0.3) is 10.0 Å². The van der Waals surface area contributed by atoms with Crippen LogP contribution in [0, 0.1) is 6.92 Å². The predicted octanol–water partition coefficient (Wildman–Crippen LogP) is 6.09. The van der Waals surface area contributed by atoms with Crippen molar-refractivity contribution < 1.29 is 27.0 Å². The Kier molecular flexibility index (Phi) is 9.64. The van der Waals surface area contributed by atoms with E-state index in [0.717, 1.165) is 4.31 Å². The minimum Gasteiger partial charge on any atom is -0.492 e. The van der Waals surface area contributed by atoms with Gasteiger partial charge in [0.05, 0.1) is 24.2 Å². The smallest absolute Gasteiger partial charge is 0.342 e. The summed E-state index contributed by atoms with van der Waals surface area (Å²) in [7, 11) is -7.62. The first kappa shape index (κ1) is 29.7. The molecule has 0 amide bonds. The van der Waals surface area contributed by atoms with Crippen molar-refractivity contribution in [2.24, 2.45) is 0 Å². The second kappa shape index (κ2) is 12.3. The van der Waals surface area contributed by atoms with Gasteiger partial charge in [-0.2, -0.15) is 5.10 Å². The first-order valence-corrected chi connectivity index (χ1v) is 14.8. The van der Waals surface area contributed by atoms with Gasteiger partial charge in [-0.3, -0.25) is 0 Å². The van der Waals surface area contributed by atoms with Gasteiger partial charge in [0, 0.05) is 12.6 Å². The van der Waals surface area contributed by atoms with E-state index in [-0.39, 0.29) is 39.7 Å². The molecule has 0 spiro atoms. The molecule has 0 saturated heterocycles. The highest BCUT2D eigenvalue weighted by atomic mass is 35.5. The highest BCUT2D eigenvalue weighted by Crippen LogP contribution is 2.43. The maximum absolute atomic E-state index is 14.0. The lowest BCUT2D eigenvalue weighted by atomic mass is 10.2. The van der Waals surface area contributed by atoms with E-state index in [2.05, 4.69) is 15.5 Å². The van der Waals surface area contributed by atoms with Crippen LogP contribution in [0.1, 0.15) is 26.3 Å². The van der Waals surface area contributed by atoms with E-state index in [1.54, 1.807) is 38.1 Å². The molecule has 0 atom stereocenters. The van der Waals surface area contributed by atoms with Crippen LogP contribution in [0.3, 0.4) is 0 Å². The third kappa shape index (κ3) is 6.58. The number of anilines is 2. The third-order valence-electron chi connectivity index (χ3n) is 5.32. The predicted molar refractivity (Wildman–Crippen MR) is 147 cm³/mol. The van der Waals surface area contributed by atoms with Gasteiger partial charge in [0.2, 0.25) is 0 Å². The van der Waals surface area contributed by atoms with Gasteiger partial charge in [0.15, 0.2) is 10.4 Å². The molecular weight excluding hydrogens is 574 g/mol. The van der Waals surface area contributed by atoms with Gasteiger partial charge in [-0.05, 0) is 57.5 Å². The fourth-order valence-corrected chi connectivity index (χ4v) is 6.50. The Labute approximate surface area is 232 Å². The average molecular weight is 601 g/mol. The number of hydrogen-bond donors (Lipinski definition) is 1. The first-order chi connectivity index (χ1) is 17.9. The van der Waals surface area contributed by atoms with Crippen molar-refractivity contribution in [3.8, 4) is 11.5 Å². The van der Waals surface area contributed by atoms with Crippen LogP contribution in [0.25, 0.3) is 0 Å². The number of nitrogens with zero attached hydrogens (tertiary/aromatic N) is 3. The molecule has 10 nitrogen and oxygen atoms in total. The first-order valence-electron chi connectivity index (χ1n) is 11.5. The number of para-hydroxylation sites is 1. The number of ether oxygens (including phenoxy) is 2. The summed E-state index contributed by atoms with van der Waals surface area (Å²) in [6.45, 7) is 6.84. The van der Waals surface area contributed by atoms with Crippen LogP contribution in [-0.2, 0) is 19.2 Å². The molecule has 14 heteroatoms. The summed E-state index contributed by atoms with van der Waals surface area (Å²) in [6, 6.07) is 10.9. The summed E-state index contributed by atoms with van der Waals surface area (Å²) in [4.78, 5) is -0.151. The molecule has 0 fully saturated rings. The Hall–Kier alpha value is -2.85. The topological polar surface area (TPSA) is 128 Å². The molecule has 0 aliphatic heterocycles. The summed E-state index contributed by atoms with van der Waals surface area (Å²) in [5, 5.41) is 8.89. The summed E-state index contributed by atoms with van der Waals surface area (Å²) in [5.41, 5.74) is 1.26. The number of rotatable bonds is 12. The number of halogens is 2. The molecule has 0 aliphatic carbocycles. The zero-order valence-corrected chi connectivity index (χ0v) is 24.4. The number of sulfonamides is 1. The molecule has 0 aliphatic rings. The van der Waals surface area contributed by atoms with Crippen LogP contribution >= 0.6 is 30.9 Å². The van der Waals surface area contributed by atoms with E-state index in [4.69, 9.17) is 32.7 Å². The van der Waals surface area contributed by atoms with Gasteiger partial charge in [-0.1, -0.05) is 35.3 Å². The Balaban J connectivity index is 1.96. The van der Waals surface area contributed by atoms with E-state index < -0.39 is 23.0 Å². The average Bonchev–Trinajstić information content (AvgIpc) is 2.84. The van der Waals surface area contributed by atoms with Crippen molar-refractivity contribution in [1.82, 2.24) is 10.2 Å². The summed E-state index contributed by atoms with van der Waals surface area (Å²) in [6.07, 6.45) is 1.42. The molecule has 2 aromatic carbocycles.